The molecule has 6 heteroatoms. The smallest absolute Gasteiger partial charge is 0.359 e. The number of anilines is 1. The van der Waals surface area contributed by atoms with Gasteiger partial charge in [-0.15, -0.1) is 0 Å². The molecule has 0 saturated heterocycles. The van der Waals surface area contributed by atoms with E-state index in [-0.39, 0.29) is 6.54 Å². The average Bonchev–Trinajstić information content (AvgIpc) is 2.37. The number of nitrogens with one attached hydrogen (secondary N) is 1. The Bertz CT molecular complexity index is 419. The maximum atomic E-state index is 12.2. The van der Waals surface area contributed by atoms with E-state index in [9.17, 15) is 13.2 Å². The molecule has 0 aliphatic rings. The lowest BCUT2D eigenvalue weighted by atomic mass is 10.2. The van der Waals surface area contributed by atoms with Gasteiger partial charge in [0.05, 0.1) is 6.42 Å². The monoisotopic (exact) mass is 289 g/mol. The van der Waals surface area contributed by atoms with Crippen LogP contribution in [0.1, 0.15) is 31.0 Å². The molecule has 0 radical (unpaired) electrons. The van der Waals surface area contributed by atoms with Crippen molar-refractivity contribution in [2.75, 3.05) is 25.0 Å². The van der Waals surface area contributed by atoms with Crippen molar-refractivity contribution in [2.45, 2.75) is 39.4 Å². The molecule has 114 valence electrons. The summed E-state index contributed by atoms with van der Waals surface area (Å²) in [6, 6.07) is 3.69. The topological polar surface area (TPSA) is 28.2 Å². The zero-order chi connectivity index (χ0) is 15.2. The van der Waals surface area contributed by atoms with E-state index in [0.29, 0.717) is 5.82 Å². The first kappa shape index (κ1) is 16.8. The largest absolute Gasteiger partial charge is 0.390 e. The molecule has 0 amide bonds. The molecule has 0 atom stereocenters. The van der Waals surface area contributed by atoms with E-state index in [4.69, 9.17) is 0 Å². The van der Waals surface area contributed by atoms with Crippen LogP contribution >= 0.6 is 0 Å². The number of aryl methyl sites for hydroxylation is 1. The Morgan fingerprint density at radius 1 is 1.30 bits per heavy atom. The molecule has 0 aromatic carbocycles. The molecule has 0 aliphatic carbocycles. The van der Waals surface area contributed by atoms with Gasteiger partial charge in [0, 0.05) is 25.8 Å². The number of hydrogen-bond donors (Lipinski definition) is 1. The molecule has 0 unspecified atom stereocenters. The minimum Gasteiger partial charge on any atom is -0.359 e. The number of halogens is 3. The maximum Gasteiger partial charge on any atom is 0.390 e. The van der Waals surface area contributed by atoms with E-state index in [1.807, 2.05) is 13.0 Å². The van der Waals surface area contributed by atoms with E-state index < -0.39 is 12.6 Å². The predicted octanol–water partition coefficient (Wildman–Crippen LogP) is 3.28. The zero-order valence-corrected chi connectivity index (χ0v) is 12.2. The molecule has 20 heavy (non-hydrogen) atoms. The molecule has 3 nitrogen and oxygen atoms in total. The molecule has 1 rings (SSSR count). The molecule has 1 aromatic rings. The van der Waals surface area contributed by atoms with Gasteiger partial charge >= 0.3 is 6.18 Å². The van der Waals surface area contributed by atoms with Crippen LogP contribution in [0.2, 0.25) is 0 Å². The molecule has 0 bridgehead atoms. The van der Waals surface area contributed by atoms with Crippen molar-refractivity contribution in [3.8, 4) is 0 Å². The average molecular weight is 289 g/mol. The summed E-state index contributed by atoms with van der Waals surface area (Å²) in [5.41, 5.74) is 1.93. The summed E-state index contributed by atoms with van der Waals surface area (Å²) in [5.74, 6) is 0.575. The first-order valence-electron chi connectivity index (χ1n) is 6.78. The van der Waals surface area contributed by atoms with Gasteiger partial charge in [-0.2, -0.15) is 13.2 Å². The standard InChI is InChI=1S/C14H22F3N3/c1-4-8-18-10-12-5-6-13(19-11(12)2)20(3)9-7-14(15,16)17/h5-6,18H,4,7-10H2,1-3H3. The highest BCUT2D eigenvalue weighted by atomic mass is 19.4. The number of alkyl halides is 3. The van der Waals surface area contributed by atoms with Crippen molar-refractivity contribution in [3.63, 3.8) is 0 Å². The highest BCUT2D eigenvalue weighted by Gasteiger charge is 2.27. The quantitative estimate of drug-likeness (QED) is 0.781. The summed E-state index contributed by atoms with van der Waals surface area (Å²) < 4.78 is 36.6. The van der Waals surface area contributed by atoms with Gasteiger partial charge in [-0.3, -0.25) is 0 Å². The molecule has 1 aromatic heterocycles. The second kappa shape index (κ2) is 7.47. The minimum absolute atomic E-state index is 0.0800. The van der Waals surface area contributed by atoms with E-state index in [2.05, 4.69) is 17.2 Å². The van der Waals surface area contributed by atoms with E-state index >= 15 is 0 Å². The predicted molar refractivity (Wildman–Crippen MR) is 74.9 cm³/mol. The summed E-state index contributed by atoms with van der Waals surface area (Å²) in [7, 11) is 1.63. The Hall–Kier alpha value is -1.30. The third-order valence-corrected chi connectivity index (χ3v) is 3.04. The van der Waals surface area contributed by atoms with Crippen LogP contribution in [0.15, 0.2) is 12.1 Å². The van der Waals surface area contributed by atoms with Crippen molar-refractivity contribution < 1.29 is 13.2 Å². The fourth-order valence-corrected chi connectivity index (χ4v) is 1.78. The third-order valence-electron chi connectivity index (χ3n) is 3.04. The van der Waals surface area contributed by atoms with Gasteiger partial charge in [0.25, 0.3) is 0 Å². The minimum atomic E-state index is -4.13. The second-order valence-corrected chi connectivity index (χ2v) is 4.88. The van der Waals surface area contributed by atoms with Gasteiger partial charge < -0.3 is 10.2 Å². The number of hydrogen-bond acceptors (Lipinski definition) is 3. The number of aromatic nitrogens is 1. The first-order chi connectivity index (χ1) is 9.33. The number of rotatable bonds is 7. The fraction of sp³-hybridized carbons (Fsp3) is 0.643. The molecule has 0 fully saturated rings. The van der Waals surface area contributed by atoms with Crippen LogP contribution < -0.4 is 10.2 Å². The van der Waals surface area contributed by atoms with Crippen molar-refractivity contribution >= 4 is 5.82 Å². The van der Waals surface area contributed by atoms with Crippen LogP contribution in [-0.4, -0.2) is 31.3 Å². The lowest BCUT2D eigenvalue weighted by Crippen LogP contribution is -2.25. The van der Waals surface area contributed by atoms with Crippen LogP contribution in [0.3, 0.4) is 0 Å². The molecule has 1 N–H and O–H groups in total. The molecular formula is C14H22F3N3. The van der Waals surface area contributed by atoms with Crippen molar-refractivity contribution in [1.29, 1.82) is 0 Å². The highest BCUT2D eigenvalue weighted by Crippen LogP contribution is 2.21. The summed E-state index contributed by atoms with van der Waals surface area (Å²) in [4.78, 5) is 5.90. The van der Waals surface area contributed by atoms with Crippen molar-refractivity contribution in [3.05, 3.63) is 23.4 Å². The van der Waals surface area contributed by atoms with Crippen LogP contribution in [0.4, 0.5) is 19.0 Å². The van der Waals surface area contributed by atoms with Gasteiger partial charge in [-0.05, 0) is 31.5 Å². The summed E-state index contributed by atoms with van der Waals surface area (Å²) in [6.45, 7) is 5.57. The fourth-order valence-electron chi connectivity index (χ4n) is 1.78. The molecule has 0 aliphatic heterocycles. The third kappa shape index (κ3) is 5.77. The Morgan fingerprint density at radius 3 is 2.55 bits per heavy atom. The summed E-state index contributed by atoms with van der Waals surface area (Å²) >= 11 is 0. The number of pyridine rings is 1. The summed E-state index contributed by atoms with van der Waals surface area (Å²) in [5, 5.41) is 3.28. The highest BCUT2D eigenvalue weighted by molar-refractivity contribution is 5.40. The van der Waals surface area contributed by atoms with Crippen LogP contribution in [-0.2, 0) is 6.54 Å². The van der Waals surface area contributed by atoms with Gasteiger partial charge in [0.1, 0.15) is 5.82 Å². The lowest BCUT2D eigenvalue weighted by Gasteiger charge is -2.20. The first-order valence-corrected chi connectivity index (χ1v) is 6.78. The molecule has 0 saturated carbocycles. The maximum absolute atomic E-state index is 12.2. The summed E-state index contributed by atoms with van der Waals surface area (Å²) in [6.07, 6.45) is -3.90. The van der Waals surface area contributed by atoms with Crippen LogP contribution in [0, 0.1) is 6.92 Å². The van der Waals surface area contributed by atoms with Gasteiger partial charge in [-0.25, -0.2) is 4.98 Å². The zero-order valence-electron chi connectivity index (χ0n) is 12.2. The second-order valence-electron chi connectivity index (χ2n) is 4.88. The lowest BCUT2D eigenvalue weighted by molar-refractivity contribution is -0.132. The Kier molecular flexibility index (Phi) is 6.26. The van der Waals surface area contributed by atoms with Crippen molar-refractivity contribution in [2.24, 2.45) is 0 Å². The van der Waals surface area contributed by atoms with Crippen molar-refractivity contribution in [1.82, 2.24) is 10.3 Å². The van der Waals surface area contributed by atoms with Crippen LogP contribution in [0.5, 0.6) is 0 Å². The van der Waals surface area contributed by atoms with E-state index in [1.165, 1.54) is 4.90 Å². The molecular weight excluding hydrogens is 267 g/mol. The molecule has 1 heterocycles. The van der Waals surface area contributed by atoms with Crippen LogP contribution in [0.25, 0.3) is 0 Å². The van der Waals surface area contributed by atoms with Gasteiger partial charge in [0.2, 0.25) is 0 Å². The van der Waals surface area contributed by atoms with Gasteiger partial charge in [0.15, 0.2) is 0 Å². The molecule has 0 spiro atoms. The Labute approximate surface area is 118 Å². The number of nitrogens with zero attached hydrogens (tertiary/aromatic N) is 2. The normalized spacial score (nSPS) is 11.7. The Balaban J connectivity index is 2.61. The SMILES string of the molecule is CCCNCc1ccc(N(C)CCC(F)(F)F)nc1C. The Morgan fingerprint density at radius 2 is 2.00 bits per heavy atom. The van der Waals surface area contributed by atoms with E-state index in [0.717, 1.165) is 30.8 Å². The van der Waals surface area contributed by atoms with Gasteiger partial charge in [-0.1, -0.05) is 13.0 Å². The van der Waals surface area contributed by atoms with E-state index in [1.54, 1.807) is 13.1 Å².